The second-order valence-corrected chi connectivity index (χ2v) is 9.31. The molecule has 0 saturated carbocycles. The van der Waals surface area contributed by atoms with Gasteiger partial charge in [-0.25, -0.2) is 0 Å². The summed E-state index contributed by atoms with van der Waals surface area (Å²) < 4.78 is 0. The lowest BCUT2D eigenvalue weighted by Gasteiger charge is -2.29. The third-order valence-corrected chi connectivity index (χ3v) is 5.90. The van der Waals surface area contributed by atoms with Crippen LogP contribution >= 0.6 is 0 Å². The second-order valence-electron chi connectivity index (χ2n) is 9.31. The van der Waals surface area contributed by atoms with Gasteiger partial charge in [0.1, 0.15) is 6.29 Å². The van der Waals surface area contributed by atoms with Crippen LogP contribution in [0.25, 0.3) is 0 Å². The van der Waals surface area contributed by atoms with Crippen molar-refractivity contribution in [3.63, 3.8) is 0 Å². The zero-order chi connectivity index (χ0) is 21.2. The minimum absolute atomic E-state index is 0.0538. The summed E-state index contributed by atoms with van der Waals surface area (Å²) in [5.41, 5.74) is 2.25. The van der Waals surface area contributed by atoms with Crippen LogP contribution in [0.15, 0.2) is 54.6 Å². The second kappa shape index (κ2) is 7.94. The van der Waals surface area contributed by atoms with E-state index in [1.807, 2.05) is 42.5 Å². The largest absolute Gasteiger partial charge is 0.303 e. The molecule has 0 radical (unpaired) electrons. The summed E-state index contributed by atoms with van der Waals surface area (Å²) in [5, 5.41) is 0. The van der Waals surface area contributed by atoms with Gasteiger partial charge in [0.15, 0.2) is 0 Å². The van der Waals surface area contributed by atoms with E-state index in [1.54, 1.807) is 6.92 Å². The van der Waals surface area contributed by atoms with Crippen molar-refractivity contribution in [3.05, 3.63) is 71.3 Å². The van der Waals surface area contributed by atoms with E-state index in [4.69, 9.17) is 0 Å². The van der Waals surface area contributed by atoms with Gasteiger partial charge >= 0.3 is 0 Å². The molecule has 1 fully saturated rings. The molecule has 4 heteroatoms. The fourth-order valence-corrected chi connectivity index (χ4v) is 3.94. The van der Waals surface area contributed by atoms with Crippen LogP contribution in [0, 0.1) is 11.3 Å². The van der Waals surface area contributed by atoms with Gasteiger partial charge in [-0.2, -0.15) is 0 Å². The Morgan fingerprint density at radius 3 is 2.10 bits per heavy atom. The molecule has 29 heavy (non-hydrogen) atoms. The zero-order valence-corrected chi connectivity index (χ0v) is 17.6. The molecule has 1 unspecified atom stereocenters. The first-order chi connectivity index (χ1) is 13.6. The van der Waals surface area contributed by atoms with E-state index < -0.39 is 11.3 Å². The van der Waals surface area contributed by atoms with Crippen LogP contribution in [0.1, 0.15) is 50.8 Å². The minimum Gasteiger partial charge on any atom is -0.303 e. The average Bonchev–Trinajstić information content (AvgIpc) is 2.97. The molecule has 0 aliphatic carbocycles. The highest BCUT2D eigenvalue weighted by atomic mass is 16.2. The number of hydrogen-bond acceptors (Lipinski definition) is 3. The Bertz CT molecular complexity index is 896. The summed E-state index contributed by atoms with van der Waals surface area (Å²) in [6.07, 6.45) is 1.37. The number of benzene rings is 2. The van der Waals surface area contributed by atoms with Gasteiger partial charge in [0.25, 0.3) is 0 Å². The van der Waals surface area contributed by atoms with Crippen LogP contribution in [-0.2, 0) is 32.8 Å². The maximum atomic E-state index is 13.0. The predicted molar refractivity (Wildman–Crippen MR) is 113 cm³/mol. The van der Waals surface area contributed by atoms with Crippen LogP contribution in [0.2, 0.25) is 0 Å². The number of imide groups is 1. The molecule has 4 nitrogen and oxygen atoms in total. The van der Waals surface area contributed by atoms with E-state index in [1.165, 1.54) is 10.5 Å². The molecule has 1 aliphatic rings. The van der Waals surface area contributed by atoms with Gasteiger partial charge in [0.2, 0.25) is 11.8 Å². The van der Waals surface area contributed by atoms with Crippen molar-refractivity contribution in [2.24, 2.45) is 11.3 Å². The highest BCUT2D eigenvalue weighted by Gasteiger charge is 2.48. The Morgan fingerprint density at radius 2 is 1.55 bits per heavy atom. The molecular formula is C25H29NO3. The SMILES string of the molecule is CC(C)(C)c1ccc(CC(C)(C=O)[C@H]2CC(=O)N(Cc3ccccc3)C2=O)cc1. The first-order valence-corrected chi connectivity index (χ1v) is 10.1. The lowest BCUT2D eigenvalue weighted by Crippen LogP contribution is -2.38. The van der Waals surface area contributed by atoms with Crippen LogP contribution in [0.5, 0.6) is 0 Å². The Kier molecular flexibility index (Phi) is 5.74. The fourth-order valence-electron chi connectivity index (χ4n) is 3.94. The van der Waals surface area contributed by atoms with Crippen LogP contribution in [0.4, 0.5) is 0 Å². The predicted octanol–water partition coefficient (Wildman–Crippen LogP) is 4.31. The standard InChI is InChI=1S/C25H29NO3/c1-24(2,3)20-12-10-18(11-13-20)15-25(4,17-27)21-14-22(28)26(23(21)29)16-19-8-6-5-7-9-19/h5-13,17,21H,14-16H2,1-4H3/t21-,25?/m0/s1. The summed E-state index contributed by atoms with van der Waals surface area (Å²) in [5.74, 6) is -1.08. The quantitative estimate of drug-likeness (QED) is 0.545. The van der Waals surface area contributed by atoms with Crippen LogP contribution in [-0.4, -0.2) is 23.0 Å². The molecule has 2 aromatic carbocycles. The Hall–Kier alpha value is -2.75. The number of carbonyl (C=O) groups is 3. The summed E-state index contributed by atoms with van der Waals surface area (Å²) in [6, 6.07) is 17.6. The maximum Gasteiger partial charge on any atom is 0.234 e. The number of rotatable bonds is 6. The molecule has 2 aromatic rings. The molecule has 1 saturated heterocycles. The van der Waals surface area contributed by atoms with E-state index in [2.05, 4.69) is 32.9 Å². The van der Waals surface area contributed by atoms with Gasteiger partial charge in [0.05, 0.1) is 12.5 Å². The summed E-state index contributed by atoms with van der Waals surface area (Å²) in [7, 11) is 0. The van der Waals surface area contributed by atoms with Gasteiger partial charge in [-0.3, -0.25) is 14.5 Å². The topological polar surface area (TPSA) is 54.5 Å². The average molecular weight is 392 g/mol. The lowest BCUT2D eigenvalue weighted by molar-refractivity contribution is -0.142. The van der Waals surface area contributed by atoms with E-state index >= 15 is 0 Å². The number of likely N-dealkylation sites (tertiary alicyclic amines) is 1. The van der Waals surface area contributed by atoms with Crippen molar-refractivity contribution < 1.29 is 14.4 Å². The number of aldehydes is 1. The summed E-state index contributed by atoms with van der Waals surface area (Å²) in [6.45, 7) is 8.51. The third kappa shape index (κ3) is 4.47. The van der Waals surface area contributed by atoms with Crippen LogP contribution in [0.3, 0.4) is 0 Å². The van der Waals surface area contributed by atoms with Gasteiger partial charge in [-0.1, -0.05) is 82.3 Å². The maximum absolute atomic E-state index is 13.0. The number of carbonyl (C=O) groups excluding carboxylic acids is 3. The molecular weight excluding hydrogens is 362 g/mol. The zero-order valence-electron chi connectivity index (χ0n) is 17.6. The van der Waals surface area contributed by atoms with E-state index in [0.717, 1.165) is 17.4 Å². The number of amides is 2. The molecule has 0 spiro atoms. The molecule has 2 atom stereocenters. The third-order valence-electron chi connectivity index (χ3n) is 5.90. The van der Waals surface area contributed by atoms with E-state index in [0.29, 0.717) is 6.42 Å². The highest BCUT2D eigenvalue weighted by Crippen LogP contribution is 2.38. The first kappa shape index (κ1) is 21.0. The van der Waals surface area contributed by atoms with Gasteiger partial charge in [-0.15, -0.1) is 0 Å². The Balaban J connectivity index is 1.78. The first-order valence-electron chi connectivity index (χ1n) is 10.1. The Morgan fingerprint density at radius 1 is 0.931 bits per heavy atom. The van der Waals surface area contributed by atoms with E-state index in [-0.39, 0.29) is 30.2 Å². The van der Waals surface area contributed by atoms with Gasteiger partial charge in [0, 0.05) is 11.8 Å². The van der Waals surface area contributed by atoms with Crippen molar-refractivity contribution in [1.29, 1.82) is 0 Å². The van der Waals surface area contributed by atoms with Crippen LogP contribution < -0.4 is 0 Å². The fraction of sp³-hybridized carbons (Fsp3) is 0.400. The van der Waals surface area contributed by atoms with Crippen molar-refractivity contribution in [1.82, 2.24) is 4.90 Å². The monoisotopic (exact) mass is 391 g/mol. The lowest BCUT2D eigenvalue weighted by atomic mass is 9.72. The molecule has 0 N–H and O–H groups in total. The van der Waals surface area contributed by atoms with E-state index in [9.17, 15) is 14.4 Å². The summed E-state index contributed by atoms with van der Waals surface area (Å²) in [4.78, 5) is 39.0. The highest BCUT2D eigenvalue weighted by molar-refractivity contribution is 6.05. The Labute approximate surface area is 172 Å². The van der Waals surface area contributed by atoms with Gasteiger partial charge in [-0.05, 0) is 28.5 Å². The molecule has 1 aliphatic heterocycles. The number of nitrogens with zero attached hydrogens (tertiary/aromatic N) is 1. The van der Waals surface area contributed by atoms with Crippen molar-refractivity contribution >= 4 is 18.1 Å². The molecule has 0 aromatic heterocycles. The summed E-state index contributed by atoms with van der Waals surface area (Å²) >= 11 is 0. The molecule has 1 heterocycles. The normalized spacial score (nSPS) is 19.3. The molecule has 152 valence electrons. The molecule has 2 amide bonds. The van der Waals surface area contributed by atoms with Crippen molar-refractivity contribution in [3.8, 4) is 0 Å². The number of hydrogen-bond donors (Lipinski definition) is 0. The molecule has 0 bridgehead atoms. The minimum atomic E-state index is -0.915. The van der Waals surface area contributed by atoms with Crippen molar-refractivity contribution in [2.75, 3.05) is 0 Å². The van der Waals surface area contributed by atoms with Crippen molar-refractivity contribution in [2.45, 2.75) is 52.5 Å². The van der Waals surface area contributed by atoms with Gasteiger partial charge < -0.3 is 4.79 Å². The smallest absolute Gasteiger partial charge is 0.234 e. The molecule has 3 rings (SSSR count).